The number of rotatable bonds is 10. The molecule has 1 heterocycles. The molecule has 0 fully saturated rings. The predicted octanol–water partition coefficient (Wildman–Crippen LogP) is 2.71. The van der Waals surface area contributed by atoms with Gasteiger partial charge in [-0.05, 0) is 38.0 Å². The van der Waals surface area contributed by atoms with Crippen molar-refractivity contribution in [3.63, 3.8) is 0 Å². The van der Waals surface area contributed by atoms with Crippen LogP contribution in [-0.4, -0.2) is 48.9 Å². The zero-order valence-electron chi connectivity index (χ0n) is 16.3. The molecule has 8 heteroatoms. The van der Waals surface area contributed by atoms with Gasteiger partial charge < -0.3 is 24.7 Å². The maximum Gasteiger partial charge on any atom is 0.191 e. The Bertz CT molecular complexity index is 677. The summed E-state index contributed by atoms with van der Waals surface area (Å²) >= 11 is 0. The van der Waals surface area contributed by atoms with Crippen LogP contribution in [0.3, 0.4) is 0 Å². The zero-order valence-corrected chi connectivity index (χ0v) is 18.6. The average Bonchev–Trinajstić information content (AvgIpc) is 3.16. The molecule has 0 saturated carbocycles. The van der Waals surface area contributed by atoms with E-state index in [1.807, 2.05) is 36.7 Å². The average molecular weight is 487 g/mol. The van der Waals surface area contributed by atoms with Crippen LogP contribution in [0, 0.1) is 0 Å². The fraction of sp³-hybridized carbons (Fsp3) is 0.474. The highest BCUT2D eigenvalue weighted by molar-refractivity contribution is 14.0. The van der Waals surface area contributed by atoms with E-state index in [0.717, 1.165) is 43.5 Å². The van der Waals surface area contributed by atoms with Crippen molar-refractivity contribution in [3.05, 3.63) is 42.5 Å². The first kappa shape index (κ1) is 23.1. The Kier molecular flexibility index (Phi) is 11.3. The number of hydrogen-bond donors (Lipinski definition) is 2. The van der Waals surface area contributed by atoms with Crippen LogP contribution >= 0.6 is 24.0 Å². The van der Waals surface area contributed by atoms with Crippen molar-refractivity contribution < 1.29 is 9.47 Å². The number of hydrogen-bond acceptors (Lipinski definition) is 4. The molecule has 1 aromatic heterocycles. The van der Waals surface area contributed by atoms with Gasteiger partial charge in [0.25, 0.3) is 0 Å². The van der Waals surface area contributed by atoms with E-state index in [4.69, 9.17) is 9.47 Å². The molecule has 0 atom stereocenters. The Morgan fingerprint density at radius 2 is 1.85 bits per heavy atom. The van der Waals surface area contributed by atoms with Crippen molar-refractivity contribution in [1.82, 2.24) is 20.2 Å². The van der Waals surface area contributed by atoms with Gasteiger partial charge in [-0.25, -0.2) is 4.98 Å². The number of imidazole rings is 1. The minimum atomic E-state index is 0. The van der Waals surface area contributed by atoms with Crippen molar-refractivity contribution in [3.8, 4) is 11.5 Å². The van der Waals surface area contributed by atoms with E-state index < -0.39 is 0 Å². The van der Waals surface area contributed by atoms with Crippen LogP contribution in [0.1, 0.15) is 19.4 Å². The van der Waals surface area contributed by atoms with Crippen molar-refractivity contribution >= 4 is 29.9 Å². The third kappa shape index (κ3) is 8.06. The Morgan fingerprint density at radius 3 is 2.52 bits per heavy atom. The van der Waals surface area contributed by atoms with Crippen LogP contribution in [-0.2, 0) is 13.0 Å². The third-order valence-electron chi connectivity index (χ3n) is 3.76. The van der Waals surface area contributed by atoms with Gasteiger partial charge in [-0.1, -0.05) is 6.07 Å². The van der Waals surface area contributed by atoms with Crippen LogP contribution in [0.5, 0.6) is 11.5 Å². The van der Waals surface area contributed by atoms with Crippen molar-refractivity contribution in [2.45, 2.75) is 26.8 Å². The van der Waals surface area contributed by atoms with Crippen LogP contribution in [0.15, 0.2) is 41.9 Å². The molecule has 27 heavy (non-hydrogen) atoms. The highest BCUT2D eigenvalue weighted by Crippen LogP contribution is 2.28. The van der Waals surface area contributed by atoms with Gasteiger partial charge in [0, 0.05) is 39.1 Å². The summed E-state index contributed by atoms with van der Waals surface area (Å²) in [6.45, 7) is 7.61. The van der Waals surface area contributed by atoms with Gasteiger partial charge in [0.05, 0.1) is 19.5 Å². The quantitative estimate of drug-likeness (QED) is 0.307. The molecule has 0 aliphatic heterocycles. The van der Waals surface area contributed by atoms with E-state index in [-0.39, 0.29) is 24.0 Å². The molecule has 0 bridgehead atoms. The summed E-state index contributed by atoms with van der Waals surface area (Å²) in [5.41, 5.74) is 1.19. The first-order chi connectivity index (χ1) is 12.8. The molecule has 0 saturated heterocycles. The number of ether oxygens (including phenoxy) is 2. The van der Waals surface area contributed by atoms with Crippen molar-refractivity contribution in [2.75, 3.05) is 33.4 Å². The van der Waals surface area contributed by atoms with Gasteiger partial charge in [0.15, 0.2) is 17.5 Å². The maximum atomic E-state index is 5.68. The fourth-order valence-electron chi connectivity index (χ4n) is 2.52. The van der Waals surface area contributed by atoms with Crippen molar-refractivity contribution in [1.29, 1.82) is 0 Å². The summed E-state index contributed by atoms with van der Waals surface area (Å²) in [6, 6.07) is 6.10. The van der Waals surface area contributed by atoms with E-state index in [2.05, 4.69) is 26.7 Å². The zero-order chi connectivity index (χ0) is 18.6. The summed E-state index contributed by atoms with van der Waals surface area (Å²) in [7, 11) is 1.77. The summed E-state index contributed by atoms with van der Waals surface area (Å²) in [5.74, 6) is 2.39. The molecule has 0 aliphatic rings. The normalized spacial score (nSPS) is 10.9. The van der Waals surface area contributed by atoms with Crippen LogP contribution < -0.4 is 20.1 Å². The maximum absolute atomic E-state index is 5.68. The first-order valence-corrected chi connectivity index (χ1v) is 9.05. The minimum absolute atomic E-state index is 0. The van der Waals surface area contributed by atoms with Crippen LogP contribution in [0.2, 0.25) is 0 Å². The molecule has 0 aliphatic carbocycles. The number of halogens is 1. The lowest BCUT2D eigenvalue weighted by Crippen LogP contribution is -2.39. The fourth-order valence-corrected chi connectivity index (χ4v) is 2.52. The van der Waals surface area contributed by atoms with Gasteiger partial charge in [0.1, 0.15) is 0 Å². The van der Waals surface area contributed by atoms with Gasteiger partial charge >= 0.3 is 0 Å². The standard InChI is InChI=1S/C19H29N5O2.HI/c1-4-25-17-7-6-16(14-18(17)26-5-2)8-9-22-19(20-3)23-11-13-24-12-10-21-15-24;/h6-7,10,12,14-15H,4-5,8-9,11,13H2,1-3H3,(H2,20,22,23);1H. The van der Waals surface area contributed by atoms with E-state index in [1.54, 1.807) is 19.6 Å². The van der Waals surface area contributed by atoms with E-state index in [1.165, 1.54) is 5.56 Å². The molecule has 150 valence electrons. The Labute approximate surface area is 178 Å². The molecule has 2 N–H and O–H groups in total. The molecule has 2 aromatic rings. The SMILES string of the molecule is CCOc1ccc(CCNC(=NC)NCCn2ccnc2)cc1OCC.I. The number of aliphatic imine (C=N–C) groups is 1. The molecule has 0 unspecified atom stereocenters. The van der Waals surface area contributed by atoms with E-state index in [9.17, 15) is 0 Å². The summed E-state index contributed by atoms with van der Waals surface area (Å²) in [4.78, 5) is 8.28. The second kappa shape index (κ2) is 13.2. The highest BCUT2D eigenvalue weighted by atomic mass is 127. The monoisotopic (exact) mass is 487 g/mol. The molecule has 2 rings (SSSR count). The van der Waals surface area contributed by atoms with Gasteiger partial charge in [-0.2, -0.15) is 0 Å². The van der Waals surface area contributed by atoms with Gasteiger partial charge in [-0.3, -0.25) is 4.99 Å². The van der Waals surface area contributed by atoms with Gasteiger partial charge in [-0.15, -0.1) is 24.0 Å². The highest BCUT2D eigenvalue weighted by Gasteiger charge is 2.06. The van der Waals surface area contributed by atoms with E-state index >= 15 is 0 Å². The summed E-state index contributed by atoms with van der Waals surface area (Å²) in [5, 5.41) is 6.63. The van der Waals surface area contributed by atoms with Crippen molar-refractivity contribution in [2.24, 2.45) is 4.99 Å². The second-order valence-electron chi connectivity index (χ2n) is 5.62. The number of aromatic nitrogens is 2. The molecular formula is C19H30IN5O2. The summed E-state index contributed by atoms with van der Waals surface area (Å²) < 4.78 is 13.3. The second-order valence-corrected chi connectivity index (χ2v) is 5.62. The Balaban J connectivity index is 0.00000364. The lowest BCUT2D eigenvalue weighted by molar-refractivity contribution is 0.287. The lowest BCUT2D eigenvalue weighted by Gasteiger charge is -2.14. The number of benzene rings is 1. The first-order valence-electron chi connectivity index (χ1n) is 9.05. The minimum Gasteiger partial charge on any atom is -0.490 e. The topological polar surface area (TPSA) is 72.7 Å². The van der Waals surface area contributed by atoms with Crippen LogP contribution in [0.4, 0.5) is 0 Å². The third-order valence-corrected chi connectivity index (χ3v) is 3.76. The van der Waals surface area contributed by atoms with E-state index in [0.29, 0.717) is 13.2 Å². The smallest absolute Gasteiger partial charge is 0.191 e. The number of guanidine groups is 1. The number of nitrogens with one attached hydrogen (secondary N) is 2. The molecular weight excluding hydrogens is 457 g/mol. The lowest BCUT2D eigenvalue weighted by atomic mass is 10.1. The Hall–Kier alpha value is -1.97. The molecule has 1 aromatic carbocycles. The van der Waals surface area contributed by atoms with Gasteiger partial charge in [0.2, 0.25) is 0 Å². The predicted molar refractivity (Wildman–Crippen MR) is 119 cm³/mol. The summed E-state index contributed by atoms with van der Waals surface area (Å²) in [6.07, 6.45) is 6.40. The Morgan fingerprint density at radius 1 is 1.11 bits per heavy atom. The molecule has 0 radical (unpaired) electrons. The molecule has 7 nitrogen and oxygen atoms in total. The molecule has 0 amide bonds. The molecule has 0 spiro atoms. The van der Waals surface area contributed by atoms with Crippen LogP contribution in [0.25, 0.3) is 0 Å². The largest absolute Gasteiger partial charge is 0.490 e. The number of nitrogens with zero attached hydrogens (tertiary/aromatic N) is 3.